The number of nitrogens with one attached hydrogen (secondary N) is 1. The third-order valence-electron chi connectivity index (χ3n) is 4.30. The Balaban J connectivity index is 1.44. The predicted molar refractivity (Wildman–Crippen MR) is 92.9 cm³/mol. The molecule has 0 aliphatic carbocycles. The van der Waals surface area contributed by atoms with E-state index in [0.29, 0.717) is 12.5 Å². The number of carbonyl (C=O) groups excluding carboxylic acids is 1. The molecule has 0 saturated carbocycles. The lowest BCUT2D eigenvalue weighted by Crippen LogP contribution is -2.46. The van der Waals surface area contributed by atoms with E-state index in [1.165, 1.54) is 0 Å². The second-order valence-corrected chi connectivity index (χ2v) is 6.63. The average Bonchev–Trinajstić information content (AvgIpc) is 3.08. The minimum atomic E-state index is 0.0142. The summed E-state index contributed by atoms with van der Waals surface area (Å²) >= 11 is 5.98. The van der Waals surface area contributed by atoms with E-state index in [-0.39, 0.29) is 6.03 Å². The molecule has 1 unspecified atom stereocenters. The van der Waals surface area contributed by atoms with Gasteiger partial charge in [-0.25, -0.2) is 4.79 Å². The molecule has 0 spiro atoms. The maximum atomic E-state index is 12.4. The molecule has 128 valence electrons. The Morgan fingerprint density at radius 3 is 3.12 bits per heavy atom. The van der Waals surface area contributed by atoms with Gasteiger partial charge in [0, 0.05) is 37.4 Å². The zero-order valence-corrected chi connectivity index (χ0v) is 14.3. The molecule has 6 nitrogen and oxygen atoms in total. The summed E-state index contributed by atoms with van der Waals surface area (Å²) in [6, 6.07) is 7.75. The fraction of sp³-hybridized carbons (Fsp3) is 0.471. The second-order valence-electron chi connectivity index (χ2n) is 6.19. The van der Waals surface area contributed by atoms with E-state index in [9.17, 15) is 4.79 Å². The molecule has 2 heterocycles. The first-order valence-corrected chi connectivity index (χ1v) is 8.70. The predicted octanol–water partition coefficient (Wildman–Crippen LogP) is 2.60. The molecule has 0 bridgehead atoms. The lowest BCUT2D eigenvalue weighted by Gasteiger charge is -2.32. The average molecular weight is 348 g/mol. The van der Waals surface area contributed by atoms with Gasteiger partial charge in [0.25, 0.3) is 0 Å². The summed E-state index contributed by atoms with van der Waals surface area (Å²) in [6.45, 7) is 3.01. The van der Waals surface area contributed by atoms with Crippen molar-refractivity contribution in [3.05, 3.63) is 47.2 Å². The van der Waals surface area contributed by atoms with Crippen LogP contribution in [0.2, 0.25) is 5.02 Å². The Bertz CT molecular complexity index is 661. The van der Waals surface area contributed by atoms with E-state index in [1.807, 2.05) is 40.0 Å². The van der Waals surface area contributed by atoms with Crippen molar-refractivity contribution >= 4 is 17.6 Å². The minimum Gasteiger partial charge on any atom is -0.338 e. The number of amides is 2. The SMILES string of the molecule is O=C(NCCc1cccc(Cl)c1)N1CCCC(Cn2ccnn2)C1. The van der Waals surface area contributed by atoms with Crippen LogP contribution in [0.15, 0.2) is 36.7 Å². The molecule has 1 atom stereocenters. The zero-order valence-electron chi connectivity index (χ0n) is 13.6. The molecule has 1 N–H and O–H groups in total. The van der Waals surface area contributed by atoms with Crippen molar-refractivity contribution in [1.82, 2.24) is 25.2 Å². The van der Waals surface area contributed by atoms with Crippen molar-refractivity contribution in [2.45, 2.75) is 25.8 Å². The Labute approximate surface area is 146 Å². The Hall–Kier alpha value is -2.08. The van der Waals surface area contributed by atoms with Gasteiger partial charge in [0.2, 0.25) is 0 Å². The number of likely N-dealkylation sites (tertiary alicyclic amines) is 1. The van der Waals surface area contributed by atoms with Crippen LogP contribution in [-0.2, 0) is 13.0 Å². The van der Waals surface area contributed by atoms with Gasteiger partial charge < -0.3 is 10.2 Å². The fourth-order valence-corrected chi connectivity index (χ4v) is 3.32. The smallest absolute Gasteiger partial charge is 0.317 e. The highest BCUT2D eigenvalue weighted by Crippen LogP contribution is 2.18. The molecule has 24 heavy (non-hydrogen) atoms. The topological polar surface area (TPSA) is 63.1 Å². The standard InChI is InChI=1S/C17H22ClN5O/c18-16-5-1-3-14(11-16)6-7-19-17(24)22-9-2-4-15(12-22)13-23-10-8-20-21-23/h1,3,5,8,10-11,15H,2,4,6-7,9,12-13H2,(H,19,24). The number of carbonyl (C=O) groups is 1. The highest BCUT2D eigenvalue weighted by molar-refractivity contribution is 6.30. The number of piperidine rings is 1. The van der Waals surface area contributed by atoms with Crippen LogP contribution in [0.25, 0.3) is 0 Å². The normalized spacial score (nSPS) is 17.7. The van der Waals surface area contributed by atoms with Gasteiger partial charge in [0.15, 0.2) is 0 Å². The van der Waals surface area contributed by atoms with Crippen molar-refractivity contribution in [2.75, 3.05) is 19.6 Å². The van der Waals surface area contributed by atoms with Gasteiger partial charge in [-0.15, -0.1) is 5.10 Å². The largest absolute Gasteiger partial charge is 0.338 e. The molecule has 1 aliphatic heterocycles. The van der Waals surface area contributed by atoms with Gasteiger partial charge in [0.05, 0.1) is 6.20 Å². The number of rotatable bonds is 5. The van der Waals surface area contributed by atoms with Crippen LogP contribution in [0.3, 0.4) is 0 Å². The van der Waals surface area contributed by atoms with Gasteiger partial charge >= 0.3 is 6.03 Å². The van der Waals surface area contributed by atoms with E-state index >= 15 is 0 Å². The molecule has 1 aromatic heterocycles. The van der Waals surface area contributed by atoms with E-state index in [1.54, 1.807) is 6.20 Å². The maximum Gasteiger partial charge on any atom is 0.317 e. The van der Waals surface area contributed by atoms with Gasteiger partial charge in [0.1, 0.15) is 0 Å². The van der Waals surface area contributed by atoms with E-state index < -0.39 is 0 Å². The van der Waals surface area contributed by atoms with Crippen molar-refractivity contribution < 1.29 is 4.79 Å². The Morgan fingerprint density at radius 2 is 2.33 bits per heavy atom. The van der Waals surface area contributed by atoms with Crippen LogP contribution in [0.5, 0.6) is 0 Å². The fourth-order valence-electron chi connectivity index (χ4n) is 3.11. The van der Waals surface area contributed by atoms with Gasteiger partial charge in [-0.1, -0.05) is 28.9 Å². The quantitative estimate of drug-likeness (QED) is 0.904. The van der Waals surface area contributed by atoms with Gasteiger partial charge in [-0.2, -0.15) is 0 Å². The number of benzene rings is 1. The first-order valence-electron chi connectivity index (χ1n) is 8.32. The lowest BCUT2D eigenvalue weighted by molar-refractivity contribution is 0.157. The molecule has 2 amide bonds. The molecule has 1 saturated heterocycles. The first kappa shape index (κ1) is 16.8. The number of hydrogen-bond acceptors (Lipinski definition) is 3. The van der Waals surface area contributed by atoms with Crippen molar-refractivity contribution in [3.8, 4) is 0 Å². The minimum absolute atomic E-state index is 0.0142. The number of urea groups is 1. The summed E-state index contributed by atoms with van der Waals surface area (Å²) in [5.41, 5.74) is 1.13. The molecule has 7 heteroatoms. The monoisotopic (exact) mass is 347 g/mol. The number of aromatic nitrogens is 3. The molecule has 3 rings (SSSR count). The summed E-state index contributed by atoms with van der Waals surface area (Å²) in [6.07, 6.45) is 6.48. The Morgan fingerprint density at radius 1 is 1.42 bits per heavy atom. The summed E-state index contributed by atoms with van der Waals surface area (Å²) in [7, 11) is 0. The van der Waals surface area contributed by atoms with Crippen LogP contribution in [0.4, 0.5) is 4.79 Å². The molecule has 1 aromatic carbocycles. The van der Waals surface area contributed by atoms with Crippen molar-refractivity contribution in [1.29, 1.82) is 0 Å². The summed E-state index contributed by atoms with van der Waals surface area (Å²) in [5, 5.41) is 11.6. The number of nitrogens with zero attached hydrogens (tertiary/aromatic N) is 4. The highest BCUT2D eigenvalue weighted by Gasteiger charge is 2.23. The molecular weight excluding hydrogens is 326 g/mol. The van der Waals surface area contributed by atoms with Crippen LogP contribution in [0.1, 0.15) is 18.4 Å². The summed E-state index contributed by atoms with van der Waals surface area (Å²) < 4.78 is 1.84. The maximum absolute atomic E-state index is 12.4. The van der Waals surface area contributed by atoms with Crippen LogP contribution in [-0.4, -0.2) is 45.6 Å². The van der Waals surface area contributed by atoms with Crippen LogP contribution >= 0.6 is 11.6 Å². The summed E-state index contributed by atoms with van der Waals surface area (Å²) in [5.74, 6) is 0.430. The van der Waals surface area contributed by atoms with Crippen LogP contribution < -0.4 is 5.32 Å². The van der Waals surface area contributed by atoms with E-state index in [2.05, 4.69) is 15.6 Å². The van der Waals surface area contributed by atoms with Crippen LogP contribution in [0, 0.1) is 5.92 Å². The number of hydrogen-bond donors (Lipinski definition) is 1. The third kappa shape index (κ3) is 4.71. The van der Waals surface area contributed by atoms with Gasteiger partial charge in [-0.3, -0.25) is 4.68 Å². The molecular formula is C17H22ClN5O. The lowest BCUT2D eigenvalue weighted by atomic mass is 9.98. The summed E-state index contributed by atoms with van der Waals surface area (Å²) in [4.78, 5) is 14.3. The molecule has 1 fully saturated rings. The first-order chi connectivity index (χ1) is 11.7. The van der Waals surface area contributed by atoms with E-state index in [0.717, 1.165) is 49.5 Å². The Kier molecular flexibility index (Phi) is 5.69. The second kappa shape index (κ2) is 8.15. The molecule has 2 aromatic rings. The van der Waals surface area contributed by atoms with Crippen molar-refractivity contribution in [2.24, 2.45) is 5.92 Å². The van der Waals surface area contributed by atoms with Gasteiger partial charge in [-0.05, 0) is 42.9 Å². The third-order valence-corrected chi connectivity index (χ3v) is 4.54. The highest BCUT2D eigenvalue weighted by atomic mass is 35.5. The van der Waals surface area contributed by atoms with Crippen molar-refractivity contribution in [3.63, 3.8) is 0 Å². The zero-order chi connectivity index (χ0) is 16.8. The van der Waals surface area contributed by atoms with E-state index in [4.69, 9.17) is 11.6 Å². The molecule has 0 radical (unpaired) electrons. The molecule has 1 aliphatic rings. The number of halogens is 1.